The molecular weight excluding hydrogens is 293 g/mol. The summed E-state index contributed by atoms with van der Waals surface area (Å²) in [5.74, 6) is -0.162. The summed E-state index contributed by atoms with van der Waals surface area (Å²) < 4.78 is 39.6. The van der Waals surface area contributed by atoms with Gasteiger partial charge in [-0.3, -0.25) is 0 Å². The second-order valence-corrected chi connectivity index (χ2v) is 6.81. The first-order valence-electron chi connectivity index (χ1n) is 5.73. The number of halogens is 2. The van der Waals surface area contributed by atoms with Gasteiger partial charge >= 0.3 is 0 Å². The Balaban J connectivity index is 2.04. The molecule has 1 aromatic rings. The second kappa shape index (κ2) is 4.08. The van der Waals surface area contributed by atoms with Crippen LogP contribution in [0.1, 0.15) is 13.3 Å². The third-order valence-electron chi connectivity index (χ3n) is 3.16. The Morgan fingerprint density at radius 3 is 2.79 bits per heavy atom. The van der Waals surface area contributed by atoms with Gasteiger partial charge in [0.05, 0.1) is 16.8 Å². The van der Waals surface area contributed by atoms with Crippen LogP contribution in [0.25, 0.3) is 0 Å². The minimum Gasteiger partial charge on any atom is -0.324 e. The molecule has 1 aliphatic heterocycles. The molecule has 1 saturated carbocycles. The quantitative estimate of drug-likeness (QED) is 0.833. The van der Waals surface area contributed by atoms with Crippen LogP contribution in [0.15, 0.2) is 22.0 Å². The molecule has 102 valence electrons. The third kappa shape index (κ3) is 2.28. The molecule has 1 aliphatic carbocycles. The number of nitrogens with zero attached hydrogens (tertiary/aromatic N) is 1. The van der Waals surface area contributed by atoms with Gasteiger partial charge < -0.3 is 5.32 Å². The Labute approximate surface area is 114 Å². The molecular formula is C11H11ClFN3O2S. The van der Waals surface area contributed by atoms with E-state index in [1.54, 1.807) is 0 Å². The van der Waals surface area contributed by atoms with Crippen LogP contribution >= 0.6 is 11.6 Å². The van der Waals surface area contributed by atoms with Crippen molar-refractivity contribution in [2.24, 2.45) is 10.9 Å². The second-order valence-electron chi connectivity index (χ2n) is 4.75. The largest absolute Gasteiger partial charge is 0.324 e. The molecule has 0 aromatic heterocycles. The van der Waals surface area contributed by atoms with Crippen LogP contribution in [-0.2, 0) is 10.0 Å². The number of benzene rings is 1. The van der Waals surface area contributed by atoms with Crippen LogP contribution < -0.4 is 10.0 Å². The van der Waals surface area contributed by atoms with Crippen molar-refractivity contribution in [3.63, 3.8) is 0 Å². The first kappa shape index (κ1) is 12.7. The van der Waals surface area contributed by atoms with Crippen molar-refractivity contribution in [3.05, 3.63) is 23.0 Å². The Bertz CT molecular complexity index is 689. The number of nitrogens with one attached hydrogen (secondary N) is 2. The van der Waals surface area contributed by atoms with Gasteiger partial charge in [0.15, 0.2) is 0 Å². The summed E-state index contributed by atoms with van der Waals surface area (Å²) >= 11 is 5.66. The van der Waals surface area contributed by atoms with Crippen LogP contribution in [0.4, 0.5) is 10.1 Å². The first-order valence-corrected chi connectivity index (χ1v) is 7.59. The van der Waals surface area contributed by atoms with Gasteiger partial charge in [-0.1, -0.05) is 18.5 Å². The van der Waals surface area contributed by atoms with Crippen molar-refractivity contribution in [1.82, 2.24) is 4.72 Å². The molecule has 2 atom stereocenters. The van der Waals surface area contributed by atoms with E-state index in [4.69, 9.17) is 11.6 Å². The zero-order valence-electron chi connectivity index (χ0n) is 9.94. The third-order valence-corrected chi connectivity index (χ3v) is 4.83. The molecule has 5 nitrogen and oxygen atoms in total. The summed E-state index contributed by atoms with van der Waals surface area (Å²) in [6.45, 7) is 2.03. The molecule has 0 bridgehead atoms. The maximum Gasteiger partial charge on any atom is 0.266 e. The number of aliphatic imine (C=N–C) groups is 1. The highest BCUT2D eigenvalue weighted by Gasteiger charge is 2.35. The van der Waals surface area contributed by atoms with E-state index in [9.17, 15) is 12.8 Å². The highest BCUT2D eigenvalue weighted by molar-refractivity contribution is 7.90. The van der Waals surface area contributed by atoms with Gasteiger partial charge in [0.2, 0.25) is 5.96 Å². The molecule has 3 rings (SSSR count). The zero-order valence-corrected chi connectivity index (χ0v) is 11.5. The molecule has 0 saturated heterocycles. The van der Waals surface area contributed by atoms with Gasteiger partial charge in [0.1, 0.15) is 10.7 Å². The Morgan fingerprint density at radius 1 is 1.47 bits per heavy atom. The fraction of sp³-hybridized carbons (Fsp3) is 0.364. The van der Waals surface area contributed by atoms with Crippen molar-refractivity contribution in [3.8, 4) is 0 Å². The van der Waals surface area contributed by atoms with Gasteiger partial charge in [0.25, 0.3) is 10.0 Å². The summed E-state index contributed by atoms with van der Waals surface area (Å²) in [7, 11) is -3.81. The SMILES string of the molecule is C[C@H]1C[C@@H]1N=C1Nc2cc(Cl)c(F)cc2S(=O)(=O)N1. The average molecular weight is 304 g/mol. The average Bonchev–Trinajstić information content (AvgIpc) is 2.97. The molecule has 0 unspecified atom stereocenters. The predicted molar refractivity (Wildman–Crippen MR) is 70.4 cm³/mol. The maximum atomic E-state index is 13.3. The fourth-order valence-electron chi connectivity index (χ4n) is 1.89. The lowest BCUT2D eigenvalue weighted by Gasteiger charge is -2.21. The van der Waals surface area contributed by atoms with E-state index in [1.807, 2.05) is 6.92 Å². The standard InChI is InChI=1S/C11H11ClFN3O2S/c1-5-2-8(5)14-11-15-9-3-6(12)7(13)4-10(9)19(17,18)16-11/h3-5,8H,2H2,1H3,(H2,14,15,16)/t5-,8-/m0/s1. The molecule has 8 heteroatoms. The van der Waals surface area contributed by atoms with Gasteiger partial charge in [-0.05, 0) is 24.5 Å². The van der Waals surface area contributed by atoms with Crippen molar-refractivity contribution in [2.45, 2.75) is 24.3 Å². The summed E-state index contributed by atoms with van der Waals surface area (Å²) in [5.41, 5.74) is 0.234. The van der Waals surface area contributed by atoms with E-state index in [1.165, 1.54) is 6.07 Å². The molecule has 0 spiro atoms. The minimum atomic E-state index is -3.81. The lowest BCUT2D eigenvalue weighted by Crippen LogP contribution is -2.41. The van der Waals surface area contributed by atoms with E-state index < -0.39 is 15.8 Å². The normalized spacial score (nSPS) is 29.3. The summed E-state index contributed by atoms with van der Waals surface area (Å²) in [4.78, 5) is 4.08. The molecule has 0 radical (unpaired) electrons. The van der Waals surface area contributed by atoms with Gasteiger partial charge in [-0.2, -0.15) is 0 Å². The fourth-order valence-corrected chi connectivity index (χ4v) is 3.18. The molecule has 2 aliphatic rings. The Hall–Kier alpha value is -1.34. The van der Waals surface area contributed by atoms with Crippen molar-refractivity contribution in [1.29, 1.82) is 0 Å². The lowest BCUT2D eigenvalue weighted by molar-refractivity contribution is 0.586. The highest BCUT2D eigenvalue weighted by Crippen LogP contribution is 2.34. The maximum absolute atomic E-state index is 13.3. The number of hydrogen-bond donors (Lipinski definition) is 2. The Kier molecular flexibility index (Phi) is 2.72. The van der Waals surface area contributed by atoms with Crippen LogP contribution in [0.3, 0.4) is 0 Å². The predicted octanol–water partition coefficient (Wildman–Crippen LogP) is 1.95. The van der Waals surface area contributed by atoms with Crippen LogP contribution in [0, 0.1) is 11.7 Å². The smallest absolute Gasteiger partial charge is 0.266 e. The van der Waals surface area contributed by atoms with Gasteiger partial charge in [-0.25, -0.2) is 22.5 Å². The number of sulfonamides is 1. The van der Waals surface area contributed by atoms with Crippen LogP contribution in [0.5, 0.6) is 0 Å². The van der Waals surface area contributed by atoms with Gasteiger partial charge in [-0.15, -0.1) is 0 Å². The van der Waals surface area contributed by atoms with Crippen LogP contribution in [-0.4, -0.2) is 20.4 Å². The number of hydrogen-bond acceptors (Lipinski definition) is 3. The van der Waals surface area contributed by atoms with E-state index in [2.05, 4.69) is 15.0 Å². The van der Waals surface area contributed by atoms with E-state index in [0.29, 0.717) is 5.92 Å². The summed E-state index contributed by atoms with van der Waals surface area (Å²) in [5, 5.41) is 2.68. The lowest BCUT2D eigenvalue weighted by atomic mass is 10.3. The summed E-state index contributed by atoms with van der Waals surface area (Å²) in [6.07, 6.45) is 0.934. The minimum absolute atomic E-state index is 0.127. The van der Waals surface area contributed by atoms with Gasteiger partial charge in [0, 0.05) is 0 Å². The molecule has 1 aromatic carbocycles. The summed E-state index contributed by atoms with van der Waals surface area (Å²) in [6, 6.07) is 2.27. The van der Waals surface area contributed by atoms with E-state index >= 15 is 0 Å². The number of anilines is 1. The number of guanidine groups is 1. The van der Waals surface area contributed by atoms with Crippen molar-refractivity contribution >= 4 is 33.3 Å². The molecule has 1 fully saturated rings. The monoisotopic (exact) mass is 303 g/mol. The van der Waals surface area contributed by atoms with Crippen LogP contribution in [0.2, 0.25) is 5.02 Å². The van der Waals surface area contributed by atoms with Crippen molar-refractivity contribution < 1.29 is 12.8 Å². The molecule has 0 amide bonds. The number of rotatable bonds is 1. The Morgan fingerprint density at radius 2 is 2.16 bits per heavy atom. The molecule has 2 N–H and O–H groups in total. The van der Waals surface area contributed by atoms with E-state index in [0.717, 1.165) is 12.5 Å². The number of fused-ring (bicyclic) bond motifs is 1. The highest BCUT2D eigenvalue weighted by atomic mass is 35.5. The molecule has 19 heavy (non-hydrogen) atoms. The van der Waals surface area contributed by atoms with Crippen molar-refractivity contribution in [2.75, 3.05) is 5.32 Å². The topological polar surface area (TPSA) is 70.6 Å². The first-order chi connectivity index (χ1) is 8.87. The molecule has 1 heterocycles. The zero-order chi connectivity index (χ0) is 13.8. The van der Waals surface area contributed by atoms with E-state index in [-0.39, 0.29) is 27.6 Å².